The fourth-order valence-electron chi connectivity index (χ4n) is 1.65. The molecule has 0 aromatic heterocycles. The largest absolute Gasteiger partial charge is 0.339 e. The minimum atomic E-state index is -0.558. The summed E-state index contributed by atoms with van der Waals surface area (Å²) in [4.78, 5) is 25.2. The molecule has 19 heavy (non-hydrogen) atoms. The number of nitrogens with two attached hydrogens (primary N) is 1. The Morgan fingerprint density at radius 1 is 1.21 bits per heavy atom. The van der Waals surface area contributed by atoms with Gasteiger partial charge in [0.25, 0.3) is 5.91 Å². The van der Waals surface area contributed by atoms with Crippen LogP contribution in [0, 0.1) is 0 Å². The average Bonchev–Trinajstić information content (AvgIpc) is 2.40. The zero-order valence-electron chi connectivity index (χ0n) is 11.6. The van der Waals surface area contributed by atoms with Gasteiger partial charge in [-0.2, -0.15) is 0 Å². The predicted octanol–water partition coefficient (Wildman–Crippen LogP) is 1.45. The van der Waals surface area contributed by atoms with E-state index in [0.29, 0.717) is 24.3 Å². The summed E-state index contributed by atoms with van der Waals surface area (Å²) in [5.74, 6) is -0.252. The lowest BCUT2D eigenvalue weighted by atomic mass is 10.1. The molecule has 5 nitrogen and oxygen atoms in total. The molecule has 0 saturated heterocycles. The monoisotopic (exact) mass is 263 g/mol. The van der Waals surface area contributed by atoms with E-state index in [0.717, 1.165) is 0 Å². The first-order chi connectivity index (χ1) is 8.99. The number of hydrogen-bond acceptors (Lipinski definition) is 3. The number of rotatable bonds is 5. The maximum Gasteiger partial charge on any atom is 0.253 e. The second-order valence-electron chi connectivity index (χ2n) is 4.33. The Labute approximate surface area is 113 Å². The molecule has 0 aliphatic heterocycles. The maximum atomic E-state index is 12.1. The maximum absolute atomic E-state index is 12.1. The van der Waals surface area contributed by atoms with Gasteiger partial charge in [0.1, 0.15) is 0 Å². The molecule has 0 heterocycles. The van der Waals surface area contributed by atoms with Gasteiger partial charge < -0.3 is 16.0 Å². The van der Waals surface area contributed by atoms with Crippen LogP contribution in [0.1, 0.15) is 31.1 Å². The Bertz CT molecular complexity index is 437. The Morgan fingerprint density at radius 3 is 2.16 bits per heavy atom. The standard InChI is InChI=1S/C14H21N3O2/c1-4-17(5-2)14(19)11-6-8-12(9-7-11)16-13(18)10(3)15/h6-10H,4-5,15H2,1-3H3,(H,16,18)/t10-/m0/s1. The smallest absolute Gasteiger partial charge is 0.253 e. The molecule has 1 aromatic rings. The number of carbonyl (C=O) groups is 2. The first-order valence-electron chi connectivity index (χ1n) is 6.45. The minimum Gasteiger partial charge on any atom is -0.339 e. The summed E-state index contributed by atoms with van der Waals surface area (Å²) in [5, 5.41) is 2.68. The van der Waals surface area contributed by atoms with E-state index >= 15 is 0 Å². The molecule has 104 valence electrons. The van der Waals surface area contributed by atoms with E-state index in [9.17, 15) is 9.59 Å². The molecule has 1 aromatic carbocycles. The SMILES string of the molecule is CCN(CC)C(=O)c1ccc(NC(=O)[C@H](C)N)cc1. The molecule has 3 N–H and O–H groups in total. The third-order valence-corrected chi connectivity index (χ3v) is 2.86. The molecular weight excluding hydrogens is 242 g/mol. The van der Waals surface area contributed by atoms with Gasteiger partial charge in [-0.05, 0) is 45.0 Å². The highest BCUT2D eigenvalue weighted by Gasteiger charge is 2.12. The van der Waals surface area contributed by atoms with Crippen LogP contribution in [-0.4, -0.2) is 35.8 Å². The summed E-state index contributed by atoms with van der Waals surface area (Å²) in [5.41, 5.74) is 6.72. The highest BCUT2D eigenvalue weighted by atomic mass is 16.2. The van der Waals surface area contributed by atoms with Crippen LogP contribution in [0.25, 0.3) is 0 Å². The molecule has 0 aliphatic rings. The average molecular weight is 263 g/mol. The van der Waals surface area contributed by atoms with Gasteiger partial charge in [0.15, 0.2) is 0 Å². The minimum absolute atomic E-state index is 0.00457. The summed E-state index contributed by atoms with van der Waals surface area (Å²) < 4.78 is 0. The fraction of sp³-hybridized carbons (Fsp3) is 0.429. The summed E-state index contributed by atoms with van der Waals surface area (Å²) in [7, 11) is 0. The van der Waals surface area contributed by atoms with Crippen molar-refractivity contribution < 1.29 is 9.59 Å². The van der Waals surface area contributed by atoms with Gasteiger partial charge in [0.2, 0.25) is 5.91 Å². The summed E-state index contributed by atoms with van der Waals surface area (Å²) in [6.45, 7) is 6.86. The fourth-order valence-corrected chi connectivity index (χ4v) is 1.65. The van der Waals surface area contributed by atoms with Gasteiger partial charge in [0, 0.05) is 24.3 Å². The van der Waals surface area contributed by atoms with Crippen molar-refractivity contribution in [1.82, 2.24) is 4.90 Å². The Morgan fingerprint density at radius 2 is 1.74 bits per heavy atom. The summed E-state index contributed by atoms with van der Waals surface area (Å²) in [6, 6.07) is 6.26. The molecule has 0 fully saturated rings. The zero-order chi connectivity index (χ0) is 14.4. The van der Waals surface area contributed by atoms with Crippen LogP contribution in [0.5, 0.6) is 0 Å². The lowest BCUT2D eigenvalue weighted by Gasteiger charge is -2.18. The van der Waals surface area contributed by atoms with Crippen molar-refractivity contribution in [3.63, 3.8) is 0 Å². The molecular formula is C14H21N3O2. The summed E-state index contributed by atoms with van der Waals surface area (Å²) in [6.07, 6.45) is 0. The summed E-state index contributed by atoms with van der Waals surface area (Å²) >= 11 is 0. The number of hydrogen-bond donors (Lipinski definition) is 2. The molecule has 0 unspecified atom stereocenters. The number of nitrogens with one attached hydrogen (secondary N) is 1. The first-order valence-corrected chi connectivity index (χ1v) is 6.45. The second kappa shape index (κ2) is 6.89. The number of anilines is 1. The van der Waals surface area contributed by atoms with Crippen molar-refractivity contribution in [3.8, 4) is 0 Å². The molecule has 0 radical (unpaired) electrons. The van der Waals surface area contributed by atoms with Crippen LogP contribution in [0.4, 0.5) is 5.69 Å². The molecule has 0 bridgehead atoms. The van der Waals surface area contributed by atoms with Crippen LogP contribution in [-0.2, 0) is 4.79 Å². The zero-order valence-corrected chi connectivity index (χ0v) is 11.6. The van der Waals surface area contributed by atoms with Gasteiger partial charge in [-0.1, -0.05) is 0 Å². The van der Waals surface area contributed by atoms with Crippen molar-refractivity contribution in [2.45, 2.75) is 26.8 Å². The predicted molar refractivity (Wildman–Crippen MR) is 76.0 cm³/mol. The third kappa shape index (κ3) is 4.06. The van der Waals surface area contributed by atoms with Crippen LogP contribution in [0.3, 0.4) is 0 Å². The van der Waals surface area contributed by atoms with Crippen LogP contribution in [0.15, 0.2) is 24.3 Å². The van der Waals surface area contributed by atoms with E-state index in [1.165, 1.54) is 0 Å². The first kappa shape index (κ1) is 15.2. The highest BCUT2D eigenvalue weighted by molar-refractivity contribution is 5.96. The molecule has 0 spiro atoms. The molecule has 0 saturated carbocycles. The van der Waals surface area contributed by atoms with Crippen molar-refractivity contribution >= 4 is 17.5 Å². The molecule has 1 rings (SSSR count). The lowest BCUT2D eigenvalue weighted by molar-refractivity contribution is -0.117. The van der Waals surface area contributed by atoms with Gasteiger partial charge in [-0.25, -0.2) is 0 Å². The van der Waals surface area contributed by atoms with Crippen LogP contribution >= 0.6 is 0 Å². The van der Waals surface area contributed by atoms with Gasteiger partial charge in [0.05, 0.1) is 6.04 Å². The molecule has 2 amide bonds. The molecule has 0 aliphatic carbocycles. The van der Waals surface area contributed by atoms with Crippen molar-refractivity contribution in [1.29, 1.82) is 0 Å². The normalized spacial score (nSPS) is 11.8. The lowest BCUT2D eigenvalue weighted by Crippen LogP contribution is -2.32. The van der Waals surface area contributed by atoms with Crippen LogP contribution < -0.4 is 11.1 Å². The second-order valence-corrected chi connectivity index (χ2v) is 4.33. The Balaban J connectivity index is 2.76. The van der Waals surface area contributed by atoms with E-state index in [-0.39, 0.29) is 11.8 Å². The van der Waals surface area contributed by atoms with E-state index in [4.69, 9.17) is 5.73 Å². The number of nitrogens with zero attached hydrogens (tertiary/aromatic N) is 1. The Kier molecular flexibility index (Phi) is 5.51. The van der Waals surface area contributed by atoms with Gasteiger partial charge in [-0.15, -0.1) is 0 Å². The molecule has 1 atom stereocenters. The highest BCUT2D eigenvalue weighted by Crippen LogP contribution is 2.11. The van der Waals surface area contributed by atoms with Crippen molar-refractivity contribution in [2.24, 2.45) is 5.73 Å². The van der Waals surface area contributed by atoms with Gasteiger partial charge >= 0.3 is 0 Å². The van der Waals surface area contributed by atoms with E-state index in [1.54, 1.807) is 36.1 Å². The Hall–Kier alpha value is -1.88. The topological polar surface area (TPSA) is 75.4 Å². The number of amides is 2. The van der Waals surface area contributed by atoms with Crippen molar-refractivity contribution in [2.75, 3.05) is 18.4 Å². The third-order valence-electron chi connectivity index (χ3n) is 2.86. The van der Waals surface area contributed by atoms with Crippen LogP contribution in [0.2, 0.25) is 0 Å². The van der Waals surface area contributed by atoms with E-state index < -0.39 is 6.04 Å². The van der Waals surface area contributed by atoms with E-state index in [1.807, 2.05) is 13.8 Å². The van der Waals surface area contributed by atoms with E-state index in [2.05, 4.69) is 5.32 Å². The van der Waals surface area contributed by atoms with Gasteiger partial charge in [-0.3, -0.25) is 9.59 Å². The quantitative estimate of drug-likeness (QED) is 0.844. The van der Waals surface area contributed by atoms with Crippen molar-refractivity contribution in [3.05, 3.63) is 29.8 Å². The molecule has 5 heteroatoms. The number of benzene rings is 1. The number of carbonyl (C=O) groups excluding carboxylic acids is 2.